The standard InChI is InChI=1S/C18H19NO5/c1-21-14-7-12(8-15(10-14)22-2)3-6-18(20)19-13-4-5-16-17(9-13)24-11-23-16/h4-5,7-10H,3,6,11H2,1-2H3,(H,19,20). The maximum atomic E-state index is 12.1. The fraction of sp³-hybridized carbons (Fsp3) is 0.278. The van der Waals surface area contributed by atoms with E-state index < -0.39 is 0 Å². The molecule has 0 bridgehead atoms. The maximum absolute atomic E-state index is 12.1. The average Bonchev–Trinajstić information content (AvgIpc) is 3.07. The Morgan fingerprint density at radius 2 is 1.75 bits per heavy atom. The van der Waals surface area contributed by atoms with E-state index in [1.54, 1.807) is 38.5 Å². The molecule has 2 aromatic rings. The molecule has 0 aliphatic carbocycles. The smallest absolute Gasteiger partial charge is 0.231 e. The van der Waals surface area contributed by atoms with Gasteiger partial charge in [-0.2, -0.15) is 0 Å². The van der Waals surface area contributed by atoms with E-state index >= 15 is 0 Å². The number of anilines is 1. The zero-order valence-electron chi connectivity index (χ0n) is 13.6. The highest BCUT2D eigenvalue weighted by Gasteiger charge is 2.14. The lowest BCUT2D eigenvalue weighted by Crippen LogP contribution is -2.12. The van der Waals surface area contributed by atoms with E-state index in [4.69, 9.17) is 18.9 Å². The molecule has 0 fully saturated rings. The van der Waals surface area contributed by atoms with Crippen LogP contribution in [0.25, 0.3) is 0 Å². The second-order valence-electron chi connectivity index (χ2n) is 5.34. The Balaban J connectivity index is 1.59. The van der Waals surface area contributed by atoms with Gasteiger partial charge in [0.2, 0.25) is 12.7 Å². The lowest BCUT2D eigenvalue weighted by molar-refractivity contribution is -0.116. The summed E-state index contributed by atoms with van der Waals surface area (Å²) in [5.41, 5.74) is 1.67. The van der Waals surface area contributed by atoms with Gasteiger partial charge in [-0.1, -0.05) is 0 Å². The van der Waals surface area contributed by atoms with Crippen molar-refractivity contribution >= 4 is 11.6 Å². The number of fused-ring (bicyclic) bond motifs is 1. The summed E-state index contributed by atoms with van der Waals surface area (Å²) >= 11 is 0. The van der Waals surface area contributed by atoms with Crippen molar-refractivity contribution in [1.82, 2.24) is 0 Å². The Bertz CT molecular complexity index is 722. The molecule has 6 heteroatoms. The molecule has 2 aromatic carbocycles. The molecule has 0 radical (unpaired) electrons. The summed E-state index contributed by atoms with van der Waals surface area (Å²) in [6, 6.07) is 10.9. The third kappa shape index (κ3) is 3.71. The molecular formula is C18H19NO5. The van der Waals surface area contributed by atoms with Gasteiger partial charge in [-0.15, -0.1) is 0 Å². The van der Waals surface area contributed by atoms with Gasteiger partial charge in [0.15, 0.2) is 11.5 Å². The molecule has 0 saturated heterocycles. The van der Waals surface area contributed by atoms with Crippen molar-refractivity contribution in [1.29, 1.82) is 0 Å². The minimum atomic E-state index is -0.0735. The normalized spacial score (nSPS) is 11.9. The first-order valence-corrected chi connectivity index (χ1v) is 7.59. The van der Waals surface area contributed by atoms with Crippen LogP contribution < -0.4 is 24.3 Å². The quantitative estimate of drug-likeness (QED) is 0.882. The topological polar surface area (TPSA) is 66.0 Å². The number of hydrogen-bond acceptors (Lipinski definition) is 5. The Kier molecular flexibility index (Phi) is 4.74. The molecule has 3 rings (SSSR count). The van der Waals surface area contributed by atoms with Gasteiger partial charge in [0.05, 0.1) is 14.2 Å². The fourth-order valence-corrected chi connectivity index (χ4v) is 2.47. The van der Waals surface area contributed by atoms with Gasteiger partial charge in [0.1, 0.15) is 11.5 Å². The molecule has 1 aliphatic rings. The van der Waals surface area contributed by atoms with Crippen LogP contribution in [0.1, 0.15) is 12.0 Å². The number of rotatable bonds is 6. The molecule has 1 aliphatic heterocycles. The van der Waals surface area contributed by atoms with Crippen molar-refractivity contribution in [3.63, 3.8) is 0 Å². The van der Waals surface area contributed by atoms with Crippen molar-refractivity contribution in [3.8, 4) is 23.0 Å². The number of carbonyl (C=O) groups excluding carboxylic acids is 1. The summed E-state index contributed by atoms with van der Waals surface area (Å²) in [6.45, 7) is 0.213. The van der Waals surface area contributed by atoms with Crippen molar-refractivity contribution in [2.45, 2.75) is 12.8 Å². The van der Waals surface area contributed by atoms with E-state index in [1.165, 1.54) is 0 Å². The molecule has 0 saturated carbocycles. The Hall–Kier alpha value is -2.89. The highest BCUT2D eigenvalue weighted by Crippen LogP contribution is 2.34. The summed E-state index contributed by atoms with van der Waals surface area (Å²) in [4.78, 5) is 12.1. The molecule has 1 amide bonds. The van der Waals surface area contributed by atoms with Crippen LogP contribution in [0.5, 0.6) is 23.0 Å². The molecule has 0 atom stereocenters. The number of benzene rings is 2. The Labute approximate surface area is 140 Å². The zero-order valence-corrected chi connectivity index (χ0v) is 13.6. The number of ether oxygens (including phenoxy) is 4. The van der Waals surface area contributed by atoms with Crippen LogP contribution in [0.4, 0.5) is 5.69 Å². The first kappa shape index (κ1) is 16.0. The molecule has 126 valence electrons. The monoisotopic (exact) mass is 329 g/mol. The molecule has 1 heterocycles. The highest BCUT2D eigenvalue weighted by atomic mass is 16.7. The van der Waals surface area contributed by atoms with Crippen molar-refractivity contribution in [2.75, 3.05) is 26.3 Å². The minimum absolute atomic E-state index is 0.0735. The highest BCUT2D eigenvalue weighted by molar-refractivity contribution is 5.91. The SMILES string of the molecule is COc1cc(CCC(=O)Nc2ccc3c(c2)OCO3)cc(OC)c1. The molecule has 0 unspecified atom stereocenters. The Morgan fingerprint density at radius 1 is 1.04 bits per heavy atom. The summed E-state index contributed by atoms with van der Waals surface area (Å²) < 4.78 is 21.0. The predicted octanol–water partition coefficient (Wildman–Crippen LogP) is 3.00. The van der Waals surface area contributed by atoms with E-state index in [2.05, 4.69) is 5.32 Å². The van der Waals surface area contributed by atoms with Gasteiger partial charge in [0, 0.05) is 24.2 Å². The first-order chi connectivity index (χ1) is 11.7. The van der Waals surface area contributed by atoms with E-state index in [0.29, 0.717) is 41.5 Å². The average molecular weight is 329 g/mol. The first-order valence-electron chi connectivity index (χ1n) is 7.59. The van der Waals surface area contributed by atoms with E-state index in [9.17, 15) is 4.79 Å². The van der Waals surface area contributed by atoms with Gasteiger partial charge >= 0.3 is 0 Å². The molecule has 0 aromatic heterocycles. The van der Waals surface area contributed by atoms with Gasteiger partial charge in [-0.3, -0.25) is 4.79 Å². The predicted molar refractivity (Wildman–Crippen MR) is 89.1 cm³/mol. The summed E-state index contributed by atoms with van der Waals surface area (Å²) in [5.74, 6) is 2.68. The van der Waals surface area contributed by atoms with Crippen molar-refractivity contribution in [3.05, 3.63) is 42.0 Å². The summed E-state index contributed by atoms with van der Waals surface area (Å²) in [6.07, 6.45) is 0.939. The molecule has 1 N–H and O–H groups in total. The summed E-state index contributed by atoms with van der Waals surface area (Å²) in [7, 11) is 3.20. The maximum Gasteiger partial charge on any atom is 0.231 e. The molecule has 24 heavy (non-hydrogen) atoms. The van der Waals surface area contributed by atoms with Crippen LogP contribution in [0.2, 0.25) is 0 Å². The molecule has 0 spiro atoms. The lowest BCUT2D eigenvalue weighted by Gasteiger charge is -2.09. The van der Waals surface area contributed by atoms with Crippen molar-refractivity contribution < 1.29 is 23.7 Å². The van der Waals surface area contributed by atoms with Crippen molar-refractivity contribution in [2.24, 2.45) is 0 Å². The number of amides is 1. The number of carbonyl (C=O) groups is 1. The van der Waals surface area contributed by atoms with Gasteiger partial charge in [-0.05, 0) is 36.2 Å². The van der Waals surface area contributed by atoms with E-state index in [1.807, 2.05) is 12.1 Å². The van der Waals surface area contributed by atoms with E-state index in [0.717, 1.165) is 5.56 Å². The largest absolute Gasteiger partial charge is 0.497 e. The van der Waals surface area contributed by atoms with Crippen LogP contribution in [0, 0.1) is 0 Å². The minimum Gasteiger partial charge on any atom is -0.497 e. The number of methoxy groups -OCH3 is 2. The lowest BCUT2D eigenvalue weighted by atomic mass is 10.1. The van der Waals surface area contributed by atoms with E-state index in [-0.39, 0.29) is 12.7 Å². The van der Waals surface area contributed by atoms with Crippen LogP contribution in [0.3, 0.4) is 0 Å². The second kappa shape index (κ2) is 7.12. The van der Waals surface area contributed by atoms with Crippen LogP contribution in [-0.2, 0) is 11.2 Å². The number of hydrogen-bond donors (Lipinski definition) is 1. The van der Waals surface area contributed by atoms with Crippen LogP contribution in [0.15, 0.2) is 36.4 Å². The zero-order chi connectivity index (χ0) is 16.9. The number of nitrogens with one attached hydrogen (secondary N) is 1. The molecular weight excluding hydrogens is 310 g/mol. The fourth-order valence-electron chi connectivity index (χ4n) is 2.47. The van der Waals surface area contributed by atoms with Gasteiger partial charge in [-0.25, -0.2) is 0 Å². The Morgan fingerprint density at radius 3 is 2.46 bits per heavy atom. The van der Waals surface area contributed by atoms with Gasteiger partial charge < -0.3 is 24.3 Å². The molecule has 6 nitrogen and oxygen atoms in total. The van der Waals surface area contributed by atoms with Crippen LogP contribution >= 0.6 is 0 Å². The second-order valence-corrected chi connectivity index (χ2v) is 5.34. The number of aryl methyl sites for hydroxylation is 1. The third-order valence-electron chi connectivity index (χ3n) is 3.71. The van der Waals surface area contributed by atoms with Gasteiger partial charge in [0.25, 0.3) is 0 Å². The third-order valence-corrected chi connectivity index (χ3v) is 3.71. The van der Waals surface area contributed by atoms with Crippen LogP contribution in [-0.4, -0.2) is 26.9 Å². The summed E-state index contributed by atoms with van der Waals surface area (Å²) in [5, 5.41) is 2.86.